The Kier molecular flexibility index (Phi) is 10.8. The van der Waals surface area contributed by atoms with Crippen LogP contribution in [0.3, 0.4) is 0 Å². The van der Waals surface area contributed by atoms with Crippen LogP contribution in [0.1, 0.15) is 71.3 Å². The second-order valence-corrected chi connectivity index (χ2v) is 11.9. The van der Waals surface area contributed by atoms with Crippen molar-refractivity contribution in [3.63, 3.8) is 0 Å². The van der Waals surface area contributed by atoms with Gasteiger partial charge in [-0.25, -0.2) is 3.63 Å². The number of benzene rings is 1. The zero-order valence-corrected chi connectivity index (χ0v) is 17.8. The third-order valence-corrected chi connectivity index (χ3v) is 10.0. The van der Waals surface area contributed by atoms with Crippen LogP contribution in [0.15, 0.2) is 30.3 Å². The quantitative estimate of drug-likeness (QED) is 0.365. The van der Waals surface area contributed by atoms with Crippen molar-refractivity contribution in [3.05, 3.63) is 35.9 Å². The Balaban J connectivity index is 3.02. The molecule has 25 heavy (non-hydrogen) atoms. The minimum atomic E-state index is -3.45. The molecular formula is C20H36O3S2. The molecular weight excluding hydrogens is 352 g/mol. The van der Waals surface area contributed by atoms with Gasteiger partial charge in [0.15, 0.2) is 0 Å². The summed E-state index contributed by atoms with van der Waals surface area (Å²) in [5.41, 5.74) is 1.19. The number of hydrogen-bond acceptors (Lipinski definition) is 3. The van der Waals surface area contributed by atoms with Gasteiger partial charge in [-0.15, -0.1) is 10.3 Å². The van der Waals surface area contributed by atoms with Crippen LogP contribution >= 0.6 is 10.3 Å². The van der Waals surface area contributed by atoms with Crippen molar-refractivity contribution < 1.29 is 12.0 Å². The van der Waals surface area contributed by atoms with Crippen LogP contribution in [0.5, 0.6) is 0 Å². The van der Waals surface area contributed by atoms with Crippen molar-refractivity contribution in [1.29, 1.82) is 0 Å². The minimum absolute atomic E-state index is 0.123. The van der Waals surface area contributed by atoms with Crippen molar-refractivity contribution in [2.45, 2.75) is 71.5 Å². The van der Waals surface area contributed by atoms with E-state index in [1.54, 1.807) is 0 Å². The van der Waals surface area contributed by atoms with Gasteiger partial charge in [-0.2, -0.15) is 8.42 Å². The maximum absolute atomic E-state index is 12.5. The van der Waals surface area contributed by atoms with Gasteiger partial charge >= 0.3 is 0 Å². The Morgan fingerprint density at radius 3 is 2.00 bits per heavy atom. The van der Waals surface area contributed by atoms with Gasteiger partial charge < -0.3 is 0 Å². The van der Waals surface area contributed by atoms with E-state index in [2.05, 4.69) is 26.0 Å². The molecule has 0 saturated heterocycles. The molecule has 1 aromatic rings. The number of hydrogen-bond donors (Lipinski definition) is 0. The fourth-order valence-corrected chi connectivity index (χ4v) is 9.03. The van der Waals surface area contributed by atoms with Crippen LogP contribution in [0, 0.1) is 0 Å². The molecule has 1 rings (SSSR count). The van der Waals surface area contributed by atoms with E-state index in [0.29, 0.717) is 6.42 Å². The smallest absolute Gasteiger partial charge is 0.220 e. The van der Waals surface area contributed by atoms with E-state index in [4.69, 9.17) is 3.63 Å². The van der Waals surface area contributed by atoms with Gasteiger partial charge in [-0.3, -0.25) is 0 Å². The summed E-state index contributed by atoms with van der Waals surface area (Å²) in [5, 5.41) is 0. The number of rotatable bonds is 14. The third-order valence-electron chi connectivity index (χ3n) is 4.21. The zero-order valence-electron chi connectivity index (χ0n) is 16.2. The first kappa shape index (κ1) is 22.5. The minimum Gasteiger partial charge on any atom is -0.220 e. The Hall–Kier alpha value is -0.520. The molecule has 5 heteroatoms. The summed E-state index contributed by atoms with van der Waals surface area (Å²) >= 11 is 0. The van der Waals surface area contributed by atoms with Crippen molar-refractivity contribution in [2.75, 3.05) is 17.3 Å². The number of unbranched alkanes of at least 4 members (excludes halogenated alkanes) is 4. The molecule has 0 radical (unpaired) electrons. The van der Waals surface area contributed by atoms with Crippen LogP contribution in [-0.4, -0.2) is 25.7 Å². The third kappa shape index (κ3) is 9.11. The van der Waals surface area contributed by atoms with Gasteiger partial charge in [0.1, 0.15) is 0 Å². The maximum atomic E-state index is 12.5. The Bertz CT molecular complexity index is 558. The first-order chi connectivity index (χ1) is 12.0. The molecule has 0 bridgehead atoms. The average molecular weight is 389 g/mol. The van der Waals surface area contributed by atoms with Gasteiger partial charge in [0, 0.05) is 17.3 Å². The Labute approximate surface area is 157 Å². The average Bonchev–Trinajstić information content (AvgIpc) is 2.57. The Morgan fingerprint density at radius 2 is 1.40 bits per heavy atom. The highest BCUT2D eigenvalue weighted by Crippen LogP contribution is 2.55. The highest BCUT2D eigenvalue weighted by atomic mass is 32.3. The second-order valence-electron chi connectivity index (χ2n) is 6.75. The molecule has 0 aromatic heterocycles. The first-order valence-electron chi connectivity index (χ1n) is 9.71. The van der Waals surface area contributed by atoms with Crippen molar-refractivity contribution in [3.8, 4) is 0 Å². The lowest BCUT2D eigenvalue weighted by molar-refractivity contribution is 0.505. The summed E-state index contributed by atoms with van der Waals surface area (Å²) in [4.78, 5) is 0. The summed E-state index contributed by atoms with van der Waals surface area (Å²) in [7, 11) is -5.11. The van der Waals surface area contributed by atoms with E-state index in [0.717, 1.165) is 42.9 Å². The fraction of sp³-hybridized carbons (Fsp3) is 0.700. The molecule has 146 valence electrons. The van der Waals surface area contributed by atoms with Gasteiger partial charge in [0.2, 0.25) is 0 Å². The molecule has 0 heterocycles. The van der Waals surface area contributed by atoms with Crippen LogP contribution in [0.2, 0.25) is 0 Å². The molecule has 1 unspecified atom stereocenters. The molecule has 0 spiro atoms. The van der Waals surface area contributed by atoms with Gasteiger partial charge in [-0.1, -0.05) is 76.8 Å². The topological polar surface area (TPSA) is 43.4 Å². The van der Waals surface area contributed by atoms with Gasteiger partial charge in [0.05, 0.1) is 5.75 Å². The summed E-state index contributed by atoms with van der Waals surface area (Å²) in [6.45, 7) is 6.25. The van der Waals surface area contributed by atoms with E-state index in [-0.39, 0.29) is 5.75 Å². The van der Waals surface area contributed by atoms with E-state index in [1.165, 1.54) is 18.4 Å². The molecule has 1 atom stereocenters. The van der Waals surface area contributed by atoms with Crippen LogP contribution in [-0.2, 0) is 19.5 Å². The zero-order chi connectivity index (χ0) is 18.6. The van der Waals surface area contributed by atoms with Crippen molar-refractivity contribution >= 4 is 20.4 Å². The predicted molar refractivity (Wildman–Crippen MR) is 112 cm³/mol. The molecule has 0 fully saturated rings. The standard InChI is InChI=1S/C20H36O3S2/c1-4-7-9-13-18-24(17-8-5-2,23-25(21,22)16-6-3)19-20-14-11-10-12-15-20/h10-12,14-15H,4-9,13,16-19H2,1-3H3. The largest absolute Gasteiger partial charge is 0.276 e. The lowest BCUT2D eigenvalue weighted by Gasteiger charge is -2.39. The lowest BCUT2D eigenvalue weighted by atomic mass is 10.2. The highest BCUT2D eigenvalue weighted by molar-refractivity contribution is 8.32. The van der Waals surface area contributed by atoms with E-state index in [1.807, 2.05) is 25.1 Å². The summed E-state index contributed by atoms with van der Waals surface area (Å²) in [5.74, 6) is 2.65. The Morgan fingerprint density at radius 1 is 0.760 bits per heavy atom. The SMILES string of the molecule is CCCCCCS(CCCC)(Cc1ccccc1)OS(=O)(=O)CCC. The van der Waals surface area contributed by atoms with Crippen LogP contribution in [0.25, 0.3) is 0 Å². The normalized spacial score (nSPS) is 15.6. The molecule has 0 aliphatic rings. The van der Waals surface area contributed by atoms with Gasteiger partial charge in [-0.05, 0) is 24.8 Å². The van der Waals surface area contributed by atoms with Crippen molar-refractivity contribution in [2.24, 2.45) is 0 Å². The fourth-order valence-electron chi connectivity index (χ4n) is 2.92. The molecule has 0 N–H and O–H groups in total. The monoisotopic (exact) mass is 388 g/mol. The predicted octanol–water partition coefficient (Wildman–Crippen LogP) is 6.04. The lowest BCUT2D eigenvalue weighted by Crippen LogP contribution is -2.21. The molecule has 0 amide bonds. The van der Waals surface area contributed by atoms with E-state index < -0.39 is 20.4 Å². The van der Waals surface area contributed by atoms with Crippen molar-refractivity contribution in [1.82, 2.24) is 0 Å². The molecule has 0 saturated carbocycles. The maximum Gasteiger partial charge on any atom is 0.276 e. The second kappa shape index (κ2) is 12.0. The summed E-state index contributed by atoms with van der Waals surface area (Å²) < 4.78 is 31.0. The molecule has 0 aliphatic carbocycles. The van der Waals surface area contributed by atoms with Crippen LogP contribution < -0.4 is 0 Å². The van der Waals surface area contributed by atoms with Crippen LogP contribution in [0.4, 0.5) is 0 Å². The van der Waals surface area contributed by atoms with E-state index >= 15 is 0 Å². The molecule has 1 aromatic carbocycles. The van der Waals surface area contributed by atoms with E-state index in [9.17, 15) is 8.42 Å². The first-order valence-corrected chi connectivity index (χ1v) is 13.3. The molecule has 3 nitrogen and oxygen atoms in total. The summed E-state index contributed by atoms with van der Waals surface area (Å²) in [6.07, 6.45) is 7.30. The molecule has 0 aliphatic heterocycles. The summed E-state index contributed by atoms with van der Waals surface area (Å²) in [6, 6.07) is 10.2. The highest BCUT2D eigenvalue weighted by Gasteiger charge is 2.30. The van der Waals surface area contributed by atoms with Gasteiger partial charge in [0.25, 0.3) is 10.1 Å².